The average molecular weight is 405 g/mol. The molecular weight excluding hydrogens is 390 g/mol. The number of hydrogen-bond donors (Lipinski definition) is 1. The summed E-state index contributed by atoms with van der Waals surface area (Å²) < 4.78 is 7.32. The highest BCUT2D eigenvalue weighted by Gasteiger charge is 2.11. The van der Waals surface area contributed by atoms with E-state index >= 15 is 0 Å². The van der Waals surface area contributed by atoms with E-state index in [4.69, 9.17) is 10.5 Å². The lowest BCUT2D eigenvalue weighted by molar-refractivity contribution is 0.414. The number of hydrogen-bond acceptors (Lipinski definition) is 3. The molecular formula is C14H15Br2NOS. The second-order valence-corrected chi connectivity index (χ2v) is 7.52. The Balaban J connectivity index is 1.94. The van der Waals surface area contributed by atoms with Crippen molar-refractivity contribution in [3.63, 3.8) is 0 Å². The molecule has 1 aromatic heterocycles. The first-order chi connectivity index (χ1) is 9.10. The van der Waals surface area contributed by atoms with Gasteiger partial charge >= 0.3 is 0 Å². The topological polar surface area (TPSA) is 35.2 Å². The van der Waals surface area contributed by atoms with Crippen LogP contribution in [0.25, 0.3) is 0 Å². The Hall–Kier alpha value is -0.360. The molecule has 0 radical (unpaired) electrons. The van der Waals surface area contributed by atoms with Crippen LogP contribution in [0.5, 0.6) is 5.75 Å². The van der Waals surface area contributed by atoms with Gasteiger partial charge in [-0.3, -0.25) is 0 Å². The monoisotopic (exact) mass is 403 g/mol. The molecule has 1 unspecified atom stereocenters. The third kappa shape index (κ3) is 4.05. The minimum absolute atomic E-state index is 0.0784. The third-order valence-corrected chi connectivity index (χ3v) is 6.32. The number of nitrogens with two attached hydrogens (primary N) is 1. The molecule has 1 heterocycles. The predicted octanol–water partition coefficient (Wildman–Crippen LogP) is 4.91. The fourth-order valence-electron chi connectivity index (χ4n) is 1.80. The zero-order valence-electron chi connectivity index (χ0n) is 10.5. The molecule has 2 nitrogen and oxygen atoms in total. The van der Waals surface area contributed by atoms with Gasteiger partial charge in [-0.2, -0.15) is 0 Å². The summed E-state index contributed by atoms with van der Waals surface area (Å²) in [4.78, 5) is 1.20. The SMILES string of the molecule is COc1ccc(CCC(N)c2cc(Br)c(Br)s2)cc1. The molecule has 0 spiro atoms. The van der Waals surface area contributed by atoms with E-state index in [1.807, 2.05) is 12.1 Å². The van der Waals surface area contributed by atoms with Gasteiger partial charge in [0.25, 0.3) is 0 Å². The second-order valence-electron chi connectivity index (χ2n) is 4.26. The van der Waals surface area contributed by atoms with Crippen molar-refractivity contribution in [1.29, 1.82) is 0 Å². The molecule has 2 N–H and O–H groups in total. The molecule has 2 aromatic rings. The summed E-state index contributed by atoms with van der Waals surface area (Å²) in [7, 11) is 1.68. The second kappa shape index (κ2) is 6.88. The summed E-state index contributed by atoms with van der Waals surface area (Å²) in [6.07, 6.45) is 1.91. The third-order valence-electron chi connectivity index (χ3n) is 2.93. The molecule has 0 bridgehead atoms. The summed E-state index contributed by atoms with van der Waals surface area (Å²) in [6, 6.07) is 10.3. The van der Waals surface area contributed by atoms with Gasteiger partial charge in [-0.05, 0) is 68.5 Å². The number of benzene rings is 1. The van der Waals surface area contributed by atoms with Crippen molar-refractivity contribution < 1.29 is 4.74 Å². The molecule has 0 saturated carbocycles. The van der Waals surface area contributed by atoms with Gasteiger partial charge in [-0.1, -0.05) is 12.1 Å². The first-order valence-corrected chi connectivity index (χ1v) is 8.33. The number of thiophene rings is 1. The van der Waals surface area contributed by atoms with E-state index in [2.05, 4.69) is 50.1 Å². The van der Waals surface area contributed by atoms with Crippen LogP contribution in [0.4, 0.5) is 0 Å². The Labute approximate surface area is 134 Å². The molecule has 5 heteroatoms. The van der Waals surface area contributed by atoms with Crippen LogP contribution >= 0.6 is 43.2 Å². The van der Waals surface area contributed by atoms with Crippen molar-refractivity contribution >= 4 is 43.2 Å². The lowest BCUT2D eigenvalue weighted by Crippen LogP contribution is -2.09. The molecule has 19 heavy (non-hydrogen) atoms. The van der Waals surface area contributed by atoms with Crippen LogP contribution < -0.4 is 10.5 Å². The fourth-order valence-corrected chi connectivity index (χ4v) is 3.93. The van der Waals surface area contributed by atoms with Gasteiger partial charge in [0.15, 0.2) is 0 Å². The van der Waals surface area contributed by atoms with E-state index in [9.17, 15) is 0 Å². The minimum Gasteiger partial charge on any atom is -0.497 e. The normalized spacial score (nSPS) is 12.4. The van der Waals surface area contributed by atoms with E-state index < -0.39 is 0 Å². The van der Waals surface area contributed by atoms with Crippen LogP contribution in [-0.4, -0.2) is 7.11 Å². The predicted molar refractivity (Wildman–Crippen MR) is 88.0 cm³/mol. The molecule has 2 rings (SSSR count). The van der Waals surface area contributed by atoms with Crippen molar-refractivity contribution in [2.24, 2.45) is 5.73 Å². The van der Waals surface area contributed by atoms with Crippen LogP contribution in [0.2, 0.25) is 0 Å². The summed E-state index contributed by atoms with van der Waals surface area (Å²) in [5.41, 5.74) is 7.51. The Morgan fingerprint density at radius 1 is 1.26 bits per heavy atom. The summed E-state index contributed by atoms with van der Waals surface area (Å²) in [6.45, 7) is 0. The molecule has 102 valence electrons. The van der Waals surface area contributed by atoms with Gasteiger partial charge in [0.1, 0.15) is 5.75 Å². The lowest BCUT2D eigenvalue weighted by atomic mass is 10.0. The standard InChI is InChI=1S/C14H15Br2NOS/c1-18-10-5-2-9(3-6-10)4-7-12(17)13-8-11(15)14(16)19-13/h2-3,5-6,8,12H,4,7,17H2,1H3. The van der Waals surface area contributed by atoms with Crippen LogP contribution in [0.3, 0.4) is 0 Å². The highest BCUT2D eigenvalue weighted by Crippen LogP contribution is 2.35. The van der Waals surface area contributed by atoms with Gasteiger partial charge in [0, 0.05) is 15.4 Å². The van der Waals surface area contributed by atoms with Gasteiger partial charge in [0.2, 0.25) is 0 Å². The van der Waals surface area contributed by atoms with Crippen molar-refractivity contribution in [2.45, 2.75) is 18.9 Å². The number of aryl methyl sites for hydroxylation is 1. The van der Waals surface area contributed by atoms with Crippen LogP contribution in [-0.2, 0) is 6.42 Å². The maximum Gasteiger partial charge on any atom is 0.118 e. The van der Waals surface area contributed by atoms with Gasteiger partial charge in [-0.15, -0.1) is 11.3 Å². The van der Waals surface area contributed by atoms with Crippen molar-refractivity contribution in [1.82, 2.24) is 0 Å². The number of ether oxygens (including phenoxy) is 1. The molecule has 0 fully saturated rings. The van der Waals surface area contributed by atoms with Gasteiger partial charge in [-0.25, -0.2) is 0 Å². The molecule has 1 aromatic carbocycles. The number of rotatable bonds is 5. The Bertz CT molecular complexity index is 519. The first kappa shape index (κ1) is 15.0. The molecule has 0 aliphatic carbocycles. The Morgan fingerprint density at radius 3 is 2.47 bits per heavy atom. The first-order valence-electron chi connectivity index (χ1n) is 5.93. The van der Waals surface area contributed by atoms with E-state index in [1.165, 1.54) is 10.4 Å². The number of halogens is 2. The summed E-state index contributed by atoms with van der Waals surface area (Å²) in [5.74, 6) is 0.888. The zero-order chi connectivity index (χ0) is 13.8. The summed E-state index contributed by atoms with van der Waals surface area (Å²) >= 11 is 8.68. The summed E-state index contributed by atoms with van der Waals surface area (Å²) in [5, 5.41) is 0. The van der Waals surface area contributed by atoms with Crippen molar-refractivity contribution in [3.8, 4) is 5.75 Å². The highest BCUT2D eigenvalue weighted by molar-refractivity contribution is 9.13. The average Bonchev–Trinajstić information content (AvgIpc) is 2.77. The zero-order valence-corrected chi connectivity index (χ0v) is 14.5. The number of methoxy groups -OCH3 is 1. The van der Waals surface area contributed by atoms with Crippen LogP contribution in [0, 0.1) is 0 Å². The molecule has 1 atom stereocenters. The quantitative estimate of drug-likeness (QED) is 0.767. The van der Waals surface area contributed by atoms with E-state index in [-0.39, 0.29) is 6.04 Å². The minimum atomic E-state index is 0.0784. The maximum absolute atomic E-state index is 6.23. The molecule has 0 saturated heterocycles. The fraction of sp³-hybridized carbons (Fsp3) is 0.286. The maximum atomic E-state index is 6.23. The van der Waals surface area contributed by atoms with Crippen LogP contribution in [0.1, 0.15) is 22.9 Å². The van der Waals surface area contributed by atoms with Gasteiger partial charge in [0.05, 0.1) is 10.9 Å². The lowest BCUT2D eigenvalue weighted by Gasteiger charge is -2.09. The van der Waals surface area contributed by atoms with E-state index in [0.717, 1.165) is 26.9 Å². The molecule has 0 aliphatic heterocycles. The smallest absolute Gasteiger partial charge is 0.118 e. The molecule has 0 aliphatic rings. The Morgan fingerprint density at radius 2 is 1.95 bits per heavy atom. The highest BCUT2D eigenvalue weighted by atomic mass is 79.9. The van der Waals surface area contributed by atoms with Gasteiger partial charge < -0.3 is 10.5 Å². The van der Waals surface area contributed by atoms with E-state index in [0.29, 0.717) is 0 Å². The van der Waals surface area contributed by atoms with Crippen molar-refractivity contribution in [2.75, 3.05) is 7.11 Å². The van der Waals surface area contributed by atoms with Crippen LogP contribution in [0.15, 0.2) is 38.6 Å². The molecule has 0 amide bonds. The Kier molecular flexibility index (Phi) is 5.45. The largest absolute Gasteiger partial charge is 0.497 e. The van der Waals surface area contributed by atoms with E-state index in [1.54, 1.807) is 18.4 Å². The van der Waals surface area contributed by atoms with Crippen molar-refractivity contribution in [3.05, 3.63) is 49.0 Å².